The number of benzene rings is 1. The minimum atomic E-state index is 0.494. The molecule has 2 rings (SSSR count). The Labute approximate surface area is 171 Å². The molecule has 0 spiro atoms. The van der Waals surface area contributed by atoms with Crippen LogP contribution in [0.15, 0.2) is 29.3 Å². The van der Waals surface area contributed by atoms with Crippen molar-refractivity contribution in [2.75, 3.05) is 46.9 Å². The molecule has 0 radical (unpaired) electrons. The van der Waals surface area contributed by atoms with E-state index in [-0.39, 0.29) is 0 Å². The van der Waals surface area contributed by atoms with Gasteiger partial charge in [0.05, 0.1) is 6.54 Å². The summed E-state index contributed by atoms with van der Waals surface area (Å²) in [4.78, 5) is 9.46. The zero-order valence-electron chi connectivity index (χ0n) is 18.4. The molecule has 1 aliphatic heterocycles. The maximum absolute atomic E-state index is 5.84. The molecule has 1 heterocycles. The van der Waals surface area contributed by atoms with Crippen molar-refractivity contribution in [3.05, 3.63) is 29.8 Å². The van der Waals surface area contributed by atoms with Crippen LogP contribution in [0.25, 0.3) is 0 Å². The third kappa shape index (κ3) is 8.07. The topological polar surface area (TPSA) is 52.1 Å². The number of piperidine rings is 1. The molecule has 1 fully saturated rings. The minimum absolute atomic E-state index is 0.494. The van der Waals surface area contributed by atoms with E-state index < -0.39 is 0 Å². The van der Waals surface area contributed by atoms with Crippen molar-refractivity contribution < 1.29 is 4.74 Å². The Balaban J connectivity index is 1.88. The van der Waals surface area contributed by atoms with Crippen LogP contribution in [-0.2, 0) is 6.54 Å². The molecule has 0 unspecified atom stereocenters. The van der Waals surface area contributed by atoms with E-state index >= 15 is 0 Å². The van der Waals surface area contributed by atoms with Crippen LogP contribution in [0.1, 0.15) is 39.2 Å². The maximum atomic E-state index is 5.84. The lowest BCUT2D eigenvalue weighted by Gasteiger charge is -2.35. The van der Waals surface area contributed by atoms with Crippen molar-refractivity contribution in [1.29, 1.82) is 0 Å². The molecule has 0 aromatic heterocycles. The van der Waals surface area contributed by atoms with Gasteiger partial charge in [-0.15, -0.1) is 0 Å². The van der Waals surface area contributed by atoms with Crippen LogP contribution in [-0.4, -0.2) is 74.7 Å². The highest BCUT2D eigenvalue weighted by molar-refractivity contribution is 5.80. The van der Waals surface area contributed by atoms with Gasteiger partial charge in [-0.05, 0) is 65.4 Å². The first kappa shape index (κ1) is 22.5. The van der Waals surface area contributed by atoms with E-state index in [9.17, 15) is 0 Å². The largest absolute Gasteiger partial charge is 0.492 e. The molecular formula is C22H39N5O. The fourth-order valence-corrected chi connectivity index (χ4v) is 3.32. The van der Waals surface area contributed by atoms with Crippen molar-refractivity contribution in [1.82, 2.24) is 20.4 Å². The molecule has 1 aliphatic rings. The van der Waals surface area contributed by atoms with Crippen LogP contribution >= 0.6 is 0 Å². The molecule has 6 nitrogen and oxygen atoms in total. The summed E-state index contributed by atoms with van der Waals surface area (Å²) in [6.07, 6.45) is 2.33. The van der Waals surface area contributed by atoms with Gasteiger partial charge >= 0.3 is 0 Å². The number of nitrogens with one attached hydrogen (secondary N) is 2. The fourth-order valence-electron chi connectivity index (χ4n) is 3.32. The number of ether oxygens (including phenoxy) is 1. The van der Waals surface area contributed by atoms with E-state index in [2.05, 4.69) is 67.4 Å². The molecule has 0 aliphatic carbocycles. The van der Waals surface area contributed by atoms with Crippen molar-refractivity contribution in [2.45, 2.75) is 52.2 Å². The predicted molar refractivity (Wildman–Crippen MR) is 118 cm³/mol. The third-order valence-electron chi connectivity index (χ3n) is 5.07. The molecule has 6 heteroatoms. The van der Waals surface area contributed by atoms with Gasteiger partial charge in [0.15, 0.2) is 5.96 Å². The number of aliphatic imine (C=N–C) groups is 1. The Kier molecular flexibility index (Phi) is 9.58. The smallest absolute Gasteiger partial charge is 0.191 e. The van der Waals surface area contributed by atoms with E-state index in [1.165, 1.54) is 0 Å². The van der Waals surface area contributed by atoms with Crippen LogP contribution in [0, 0.1) is 0 Å². The summed E-state index contributed by atoms with van der Waals surface area (Å²) in [5.74, 6) is 1.82. The second-order valence-electron chi connectivity index (χ2n) is 8.04. The number of guanidine groups is 1. The summed E-state index contributed by atoms with van der Waals surface area (Å²) in [5.41, 5.74) is 1.16. The van der Waals surface area contributed by atoms with E-state index in [4.69, 9.17) is 9.73 Å². The van der Waals surface area contributed by atoms with Crippen LogP contribution in [0.4, 0.5) is 0 Å². The first-order valence-corrected chi connectivity index (χ1v) is 10.6. The van der Waals surface area contributed by atoms with Gasteiger partial charge in [0.2, 0.25) is 0 Å². The Hall–Kier alpha value is -1.79. The van der Waals surface area contributed by atoms with Gasteiger partial charge < -0.3 is 25.2 Å². The molecule has 1 aromatic carbocycles. The van der Waals surface area contributed by atoms with E-state index in [1.54, 1.807) is 0 Å². The van der Waals surface area contributed by atoms with Crippen molar-refractivity contribution in [3.63, 3.8) is 0 Å². The van der Waals surface area contributed by atoms with E-state index in [1.807, 2.05) is 12.1 Å². The van der Waals surface area contributed by atoms with Gasteiger partial charge in [0.25, 0.3) is 0 Å². The van der Waals surface area contributed by atoms with Crippen LogP contribution in [0.2, 0.25) is 0 Å². The molecular weight excluding hydrogens is 350 g/mol. The highest BCUT2D eigenvalue weighted by Gasteiger charge is 2.21. The first-order valence-electron chi connectivity index (χ1n) is 10.6. The molecule has 2 N–H and O–H groups in total. The molecule has 1 aromatic rings. The summed E-state index contributed by atoms with van der Waals surface area (Å²) in [6.45, 7) is 12.1. The highest BCUT2D eigenvalue weighted by Crippen LogP contribution is 2.15. The molecule has 0 amide bonds. The predicted octanol–water partition coefficient (Wildman–Crippen LogP) is 2.55. The third-order valence-corrected chi connectivity index (χ3v) is 5.07. The maximum Gasteiger partial charge on any atom is 0.191 e. The number of likely N-dealkylation sites (N-methyl/N-ethyl adjacent to an activating group) is 1. The Bertz CT molecular complexity index is 594. The lowest BCUT2D eigenvalue weighted by Crippen LogP contribution is -2.49. The lowest BCUT2D eigenvalue weighted by atomic mass is 10.0. The van der Waals surface area contributed by atoms with Crippen LogP contribution in [0.5, 0.6) is 5.75 Å². The van der Waals surface area contributed by atoms with Crippen molar-refractivity contribution >= 4 is 5.96 Å². The molecule has 0 bridgehead atoms. The summed E-state index contributed by atoms with van der Waals surface area (Å²) in [5, 5.41) is 7.01. The standard InChI is InChI=1S/C22H39N5O/c1-6-23-22(25-20-10-12-27(13-11-20)18(2)3)24-17-19-8-7-9-21(16-19)28-15-14-26(4)5/h7-9,16,18,20H,6,10-15,17H2,1-5H3,(H2,23,24,25). The number of rotatable bonds is 9. The van der Waals surface area contributed by atoms with Gasteiger partial charge in [0, 0.05) is 38.3 Å². The highest BCUT2D eigenvalue weighted by atomic mass is 16.5. The zero-order valence-corrected chi connectivity index (χ0v) is 18.4. The second kappa shape index (κ2) is 11.9. The quantitative estimate of drug-likeness (QED) is 0.502. The number of hydrogen-bond donors (Lipinski definition) is 2. The van der Waals surface area contributed by atoms with Crippen LogP contribution < -0.4 is 15.4 Å². The summed E-state index contributed by atoms with van der Waals surface area (Å²) >= 11 is 0. The normalized spacial score (nSPS) is 16.6. The molecule has 1 saturated heterocycles. The second-order valence-corrected chi connectivity index (χ2v) is 8.04. The summed E-state index contributed by atoms with van der Waals surface area (Å²) in [6, 6.07) is 9.37. The van der Waals surface area contributed by atoms with Gasteiger partial charge in [-0.3, -0.25) is 0 Å². The Morgan fingerprint density at radius 1 is 1.29 bits per heavy atom. The lowest BCUT2D eigenvalue weighted by molar-refractivity contribution is 0.167. The summed E-state index contributed by atoms with van der Waals surface area (Å²) < 4.78 is 5.84. The first-order chi connectivity index (χ1) is 13.5. The monoisotopic (exact) mass is 389 g/mol. The number of likely N-dealkylation sites (tertiary alicyclic amines) is 1. The fraction of sp³-hybridized carbons (Fsp3) is 0.682. The van der Waals surface area contributed by atoms with E-state index in [0.29, 0.717) is 25.2 Å². The summed E-state index contributed by atoms with van der Waals surface area (Å²) in [7, 11) is 4.10. The minimum Gasteiger partial charge on any atom is -0.492 e. The van der Waals surface area contributed by atoms with Gasteiger partial charge in [0.1, 0.15) is 12.4 Å². The SMILES string of the molecule is CCNC(=NCc1cccc(OCCN(C)C)c1)NC1CCN(C(C)C)CC1. The Morgan fingerprint density at radius 3 is 2.68 bits per heavy atom. The zero-order chi connectivity index (χ0) is 20.4. The van der Waals surface area contributed by atoms with Crippen molar-refractivity contribution in [3.8, 4) is 5.75 Å². The molecule has 158 valence electrons. The number of hydrogen-bond acceptors (Lipinski definition) is 4. The van der Waals surface area contributed by atoms with Gasteiger partial charge in [-0.25, -0.2) is 4.99 Å². The number of nitrogens with zero attached hydrogens (tertiary/aromatic N) is 3. The van der Waals surface area contributed by atoms with E-state index in [0.717, 1.165) is 56.3 Å². The molecule has 0 saturated carbocycles. The average molecular weight is 390 g/mol. The van der Waals surface area contributed by atoms with Gasteiger partial charge in [-0.2, -0.15) is 0 Å². The Morgan fingerprint density at radius 2 is 2.04 bits per heavy atom. The van der Waals surface area contributed by atoms with Crippen molar-refractivity contribution in [2.24, 2.45) is 4.99 Å². The van der Waals surface area contributed by atoms with Crippen LogP contribution in [0.3, 0.4) is 0 Å². The molecule has 0 atom stereocenters. The average Bonchev–Trinajstić information content (AvgIpc) is 2.67. The molecule has 28 heavy (non-hydrogen) atoms. The van der Waals surface area contributed by atoms with Gasteiger partial charge in [-0.1, -0.05) is 12.1 Å².